The van der Waals surface area contributed by atoms with Crippen molar-refractivity contribution in [1.82, 2.24) is 4.90 Å². The molecule has 0 unspecified atom stereocenters. The highest BCUT2D eigenvalue weighted by Crippen LogP contribution is 2.20. The molecule has 1 N–H and O–H groups in total. The Bertz CT molecular complexity index is 1140. The minimum atomic E-state index is -3.79. The van der Waals surface area contributed by atoms with Gasteiger partial charge in [-0.05, 0) is 67.1 Å². The summed E-state index contributed by atoms with van der Waals surface area (Å²) in [5.74, 6) is -0.109. The zero-order chi connectivity index (χ0) is 21.7. The molecule has 3 aromatic carbocycles. The lowest BCUT2D eigenvalue weighted by molar-refractivity contribution is 0.0724. The fourth-order valence-electron chi connectivity index (χ4n) is 3.81. The maximum absolute atomic E-state index is 12.9. The maximum atomic E-state index is 12.9. The third-order valence-corrected chi connectivity index (χ3v) is 6.87. The molecule has 4 rings (SSSR count). The summed E-state index contributed by atoms with van der Waals surface area (Å²) < 4.78 is 28.4. The minimum Gasteiger partial charge on any atom is -0.339 e. The van der Waals surface area contributed by atoms with Crippen LogP contribution in [0.4, 0.5) is 5.69 Å². The molecule has 3 aromatic rings. The number of benzene rings is 3. The van der Waals surface area contributed by atoms with E-state index >= 15 is 0 Å². The van der Waals surface area contributed by atoms with E-state index in [4.69, 9.17) is 0 Å². The van der Waals surface area contributed by atoms with Crippen molar-refractivity contribution in [2.45, 2.75) is 30.6 Å². The number of carbonyl (C=O) groups excluding carboxylic acids is 1. The Morgan fingerprint density at radius 2 is 1.48 bits per heavy atom. The van der Waals surface area contributed by atoms with E-state index in [1.807, 2.05) is 30.3 Å². The first-order valence-electron chi connectivity index (χ1n) is 10.6. The van der Waals surface area contributed by atoms with Crippen molar-refractivity contribution in [3.63, 3.8) is 0 Å². The summed E-state index contributed by atoms with van der Waals surface area (Å²) in [5.41, 5.74) is 3.20. The highest BCUT2D eigenvalue weighted by atomic mass is 32.2. The zero-order valence-electron chi connectivity index (χ0n) is 17.3. The predicted molar refractivity (Wildman–Crippen MR) is 123 cm³/mol. The first-order valence-corrected chi connectivity index (χ1v) is 12.0. The van der Waals surface area contributed by atoms with Gasteiger partial charge in [0.25, 0.3) is 15.9 Å². The number of nitrogens with zero attached hydrogens (tertiary/aromatic N) is 1. The van der Waals surface area contributed by atoms with Crippen LogP contribution in [0.3, 0.4) is 0 Å². The molecule has 1 aliphatic heterocycles. The molecule has 5 nitrogen and oxygen atoms in total. The third kappa shape index (κ3) is 5.33. The van der Waals surface area contributed by atoms with Gasteiger partial charge in [-0.25, -0.2) is 8.42 Å². The number of rotatable bonds is 6. The number of hydrogen-bond acceptors (Lipinski definition) is 3. The Hall–Kier alpha value is -3.12. The Kier molecular flexibility index (Phi) is 6.37. The standard InChI is InChI=1S/C25H26N2O3S/c28-25(27-16-5-2-6-17-27)22-10-7-11-24(19-22)31(29,30)26-23-14-12-21(13-15-23)18-20-8-3-1-4-9-20/h1,3-4,7-15,19,26H,2,5-6,16-18H2. The van der Waals surface area contributed by atoms with Crippen LogP contribution >= 0.6 is 0 Å². The summed E-state index contributed by atoms with van der Waals surface area (Å²) in [7, 11) is -3.79. The SMILES string of the molecule is O=C(c1cccc(S(=O)(=O)Nc2ccc(Cc3ccccc3)cc2)c1)N1CCCCC1. The molecule has 0 bridgehead atoms. The van der Waals surface area contributed by atoms with Crippen molar-refractivity contribution in [3.05, 3.63) is 95.6 Å². The molecule has 0 aliphatic carbocycles. The average molecular weight is 435 g/mol. The summed E-state index contributed by atoms with van der Waals surface area (Å²) in [6.07, 6.45) is 3.90. The number of amides is 1. The Balaban J connectivity index is 1.46. The molecule has 31 heavy (non-hydrogen) atoms. The van der Waals surface area contributed by atoms with Crippen molar-refractivity contribution >= 4 is 21.6 Å². The van der Waals surface area contributed by atoms with Gasteiger partial charge in [-0.2, -0.15) is 0 Å². The molecule has 1 amide bonds. The van der Waals surface area contributed by atoms with E-state index in [1.54, 1.807) is 29.2 Å². The van der Waals surface area contributed by atoms with Gasteiger partial charge >= 0.3 is 0 Å². The molecule has 6 heteroatoms. The molecule has 1 fully saturated rings. The molecule has 1 aliphatic rings. The van der Waals surface area contributed by atoms with Crippen LogP contribution in [-0.2, 0) is 16.4 Å². The van der Waals surface area contributed by atoms with Crippen LogP contribution in [0, 0.1) is 0 Å². The van der Waals surface area contributed by atoms with Gasteiger partial charge in [0.15, 0.2) is 0 Å². The lowest BCUT2D eigenvalue weighted by Gasteiger charge is -2.26. The molecule has 0 aromatic heterocycles. The number of carbonyl (C=O) groups is 1. The highest BCUT2D eigenvalue weighted by molar-refractivity contribution is 7.92. The van der Waals surface area contributed by atoms with Crippen molar-refractivity contribution in [3.8, 4) is 0 Å². The number of likely N-dealkylation sites (tertiary alicyclic amines) is 1. The Morgan fingerprint density at radius 1 is 0.806 bits per heavy atom. The molecule has 0 atom stereocenters. The van der Waals surface area contributed by atoms with Crippen molar-refractivity contribution in [2.75, 3.05) is 17.8 Å². The summed E-state index contributed by atoms with van der Waals surface area (Å²) >= 11 is 0. The lowest BCUT2D eigenvalue weighted by Crippen LogP contribution is -2.35. The third-order valence-electron chi connectivity index (χ3n) is 5.49. The quantitative estimate of drug-likeness (QED) is 0.611. The van der Waals surface area contributed by atoms with E-state index < -0.39 is 10.0 Å². The largest absolute Gasteiger partial charge is 0.339 e. The summed E-state index contributed by atoms with van der Waals surface area (Å²) in [5, 5.41) is 0. The highest BCUT2D eigenvalue weighted by Gasteiger charge is 2.21. The van der Waals surface area contributed by atoms with Gasteiger partial charge in [0.2, 0.25) is 0 Å². The van der Waals surface area contributed by atoms with Crippen LogP contribution in [0.25, 0.3) is 0 Å². The van der Waals surface area contributed by atoms with E-state index in [0.717, 1.165) is 44.3 Å². The number of anilines is 1. The van der Waals surface area contributed by atoms with Gasteiger partial charge in [-0.1, -0.05) is 48.5 Å². The molecule has 0 saturated carbocycles. The van der Waals surface area contributed by atoms with E-state index in [1.165, 1.54) is 17.7 Å². The first kappa shape index (κ1) is 21.1. The van der Waals surface area contributed by atoms with Crippen LogP contribution in [-0.4, -0.2) is 32.3 Å². The molecule has 0 spiro atoms. The normalized spacial score (nSPS) is 14.3. The van der Waals surface area contributed by atoms with Gasteiger partial charge in [-0.3, -0.25) is 9.52 Å². The van der Waals surface area contributed by atoms with Crippen LogP contribution < -0.4 is 4.72 Å². The zero-order valence-corrected chi connectivity index (χ0v) is 18.1. The smallest absolute Gasteiger partial charge is 0.261 e. The van der Waals surface area contributed by atoms with Crippen molar-refractivity contribution < 1.29 is 13.2 Å². The monoisotopic (exact) mass is 434 g/mol. The Labute approximate surface area is 183 Å². The number of hydrogen-bond donors (Lipinski definition) is 1. The van der Waals surface area contributed by atoms with Gasteiger partial charge in [0.1, 0.15) is 0 Å². The van der Waals surface area contributed by atoms with Crippen LogP contribution in [0.1, 0.15) is 40.7 Å². The fourth-order valence-corrected chi connectivity index (χ4v) is 4.92. The number of nitrogens with one attached hydrogen (secondary N) is 1. The van der Waals surface area contributed by atoms with Gasteiger partial charge < -0.3 is 4.90 Å². The summed E-state index contributed by atoms with van der Waals surface area (Å²) in [6, 6.07) is 23.7. The molecule has 0 radical (unpaired) electrons. The van der Waals surface area contributed by atoms with Gasteiger partial charge in [0, 0.05) is 24.3 Å². The van der Waals surface area contributed by atoms with E-state index in [9.17, 15) is 13.2 Å². The molecular weight excluding hydrogens is 408 g/mol. The van der Waals surface area contributed by atoms with Crippen LogP contribution in [0.5, 0.6) is 0 Å². The van der Waals surface area contributed by atoms with Crippen molar-refractivity contribution in [1.29, 1.82) is 0 Å². The van der Waals surface area contributed by atoms with E-state index in [2.05, 4.69) is 16.9 Å². The molecule has 1 heterocycles. The van der Waals surface area contributed by atoms with Crippen LogP contribution in [0.15, 0.2) is 83.8 Å². The van der Waals surface area contributed by atoms with Crippen LogP contribution in [0.2, 0.25) is 0 Å². The molecular formula is C25H26N2O3S. The first-order chi connectivity index (χ1) is 15.0. The molecule has 1 saturated heterocycles. The fraction of sp³-hybridized carbons (Fsp3) is 0.240. The summed E-state index contributed by atoms with van der Waals surface area (Å²) in [6.45, 7) is 1.45. The maximum Gasteiger partial charge on any atom is 0.261 e. The number of sulfonamides is 1. The second kappa shape index (κ2) is 9.35. The van der Waals surface area contributed by atoms with Crippen molar-refractivity contribution in [2.24, 2.45) is 0 Å². The molecule has 160 valence electrons. The number of piperidine rings is 1. The Morgan fingerprint density at radius 3 is 2.19 bits per heavy atom. The van der Waals surface area contributed by atoms with E-state index in [0.29, 0.717) is 11.3 Å². The van der Waals surface area contributed by atoms with Gasteiger partial charge in [0.05, 0.1) is 4.90 Å². The topological polar surface area (TPSA) is 66.5 Å². The van der Waals surface area contributed by atoms with E-state index in [-0.39, 0.29) is 10.8 Å². The minimum absolute atomic E-state index is 0.0868. The second-order valence-corrected chi connectivity index (χ2v) is 9.53. The predicted octanol–water partition coefficient (Wildman–Crippen LogP) is 4.70. The lowest BCUT2D eigenvalue weighted by atomic mass is 10.1. The summed E-state index contributed by atoms with van der Waals surface area (Å²) in [4.78, 5) is 14.6. The average Bonchev–Trinajstić information content (AvgIpc) is 2.81. The second-order valence-electron chi connectivity index (χ2n) is 7.85. The van der Waals surface area contributed by atoms with Gasteiger partial charge in [-0.15, -0.1) is 0 Å².